The predicted octanol–water partition coefficient (Wildman–Crippen LogP) is 2.72. The van der Waals surface area contributed by atoms with Gasteiger partial charge in [0.25, 0.3) is 0 Å². The minimum absolute atomic E-state index is 0.117. The predicted molar refractivity (Wildman–Crippen MR) is 80.8 cm³/mol. The van der Waals surface area contributed by atoms with Crippen molar-refractivity contribution in [2.75, 3.05) is 11.2 Å². The SMILES string of the molecule is Nc1ncnc(NN=Cc2ccc(Cl)cc2Cl)c1[N+](=O)[O-]. The molecule has 10 heteroatoms. The molecule has 0 radical (unpaired) electrons. The molecule has 2 aromatic rings. The van der Waals surface area contributed by atoms with Gasteiger partial charge in [-0.25, -0.2) is 9.97 Å². The van der Waals surface area contributed by atoms with Gasteiger partial charge in [-0.15, -0.1) is 0 Å². The third-order valence-corrected chi connectivity index (χ3v) is 2.93. The zero-order valence-electron chi connectivity index (χ0n) is 10.3. The molecule has 3 N–H and O–H groups in total. The van der Waals surface area contributed by atoms with E-state index in [0.29, 0.717) is 15.6 Å². The maximum absolute atomic E-state index is 10.9. The van der Waals surface area contributed by atoms with E-state index in [1.807, 2.05) is 0 Å². The minimum Gasteiger partial charge on any atom is -0.378 e. The van der Waals surface area contributed by atoms with Crippen LogP contribution in [0, 0.1) is 10.1 Å². The molecule has 108 valence electrons. The van der Waals surface area contributed by atoms with Crippen molar-refractivity contribution >= 4 is 46.7 Å². The van der Waals surface area contributed by atoms with Crippen LogP contribution in [0.5, 0.6) is 0 Å². The maximum atomic E-state index is 10.9. The molecule has 21 heavy (non-hydrogen) atoms. The van der Waals surface area contributed by atoms with Crippen molar-refractivity contribution in [3.05, 3.63) is 50.2 Å². The number of rotatable bonds is 4. The molecule has 0 spiro atoms. The second-order valence-electron chi connectivity index (χ2n) is 3.75. The minimum atomic E-state index is -0.692. The van der Waals surface area contributed by atoms with Crippen molar-refractivity contribution in [2.45, 2.75) is 0 Å². The number of nitrogen functional groups attached to an aromatic ring is 1. The Labute approximate surface area is 128 Å². The standard InChI is InChI=1S/C11H8Cl2N6O2/c12-7-2-1-6(8(13)3-7)4-17-18-11-9(19(20)21)10(14)15-5-16-11/h1-5H,(H3,14,15,16,18). The van der Waals surface area contributed by atoms with Crippen LogP contribution in [0.1, 0.15) is 5.56 Å². The first-order valence-electron chi connectivity index (χ1n) is 5.48. The number of aromatic nitrogens is 2. The number of nitrogens with zero attached hydrogens (tertiary/aromatic N) is 4. The van der Waals surface area contributed by atoms with E-state index in [1.54, 1.807) is 18.2 Å². The zero-order valence-corrected chi connectivity index (χ0v) is 11.8. The Balaban J connectivity index is 2.22. The molecule has 0 saturated carbocycles. The Morgan fingerprint density at radius 2 is 2.14 bits per heavy atom. The fourth-order valence-corrected chi connectivity index (χ4v) is 1.88. The van der Waals surface area contributed by atoms with Crippen molar-refractivity contribution in [2.24, 2.45) is 5.10 Å². The number of hydrogen-bond acceptors (Lipinski definition) is 7. The smallest absolute Gasteiger partial charge is 0.354 e. The summed E-state index contributed by atoms with van der Waals surface area (Å²) in [7, 11) is 0. The molecular formula is C11H8Cl2N6O2. The number of anilines is 2. The van der Waals surface area contributed by atoms with Crippen LogP contribution in [0.25, 0.3) is 0 Å². The summed E-state index contributed by atoms with van der Waals surface area (Å²) in [5.74, 6) is -0.369. The Morgan fingerprint density at radius 1 is 1.38 bits per heavy atom. The number of nitrogens with one attached hydrogen (secondary N) is 1. The molecule has 0 amide bonds. The summed E-state index contributed by atoms with van der Waals surface area (Å²) in [6.07, 6.45) is 2.47. The van der Waals surface area contributed by atoms with Crippen LogP contribution in [0.2, 0.25) is 10.0 Å². The summed E-state index contributed by atoms with van der Waals surface area (Å²) in [5.41, 5.74) is 7.99. The van der Waals surface area contributed by atoms with Gasteiger partial charge in [0.2, 0.25) is 11.6 Å². The van der Waals surface area contributed by atoms with E-state index in [0.717, 1.165) is 6.33 Å². The molecule has 2 rings (SSSR count). The second-order valence-corrected chi connectivity index (χ2v) is 4.59. The number of hydrogen-bond donors (Lipinski definition) is 2. The molecular weight excluding hydrogens is 319 g/mol. The third-order valence-electron chi connectivity index (χ3n) is 2.37. The van der Waals surface area contributed by atoms with Crippen molar-refractivity contribution in [3.63, 3.8) is 0 Å². The van der Waals surface area contributed by atoms with Crippen LogP contribution in [-0.4, -0.2) is 21.1 Å². The Morgan fingerprint density at radius 3 is 2.81 bits per heavy atom. The van der Waals surface area contributed by atoms with Crippen molar-refractivity contribution in [1.29, 1.82) is 0 Å². The highest BCUT2D eigenvalue weighted by atomic mass is 35.5. The number of hydrazone groups is 1. The lowest BCUT2D eigenvalue weighted by atomic mass is 10.2. The van der Waals surface area contributed by atoms with Crippen molar-refractivity contribution < 1.29 is 4.92 Å². The number of nitro groups is 1. The van der Waals surface area contributed by atoms with Gasteiger partial charge in [0.15, 0.2) is 0 Å². The van der Waals surface area contributed by atoms with E-state index < -0.39 is 10.6 Å². The molecule has 0 unspecified atom stereocenters. The van der Waals surface area contributed by atoms with Gasteiger partial charge in [0.05, 0.1) is 16.2 Å². The first-order valence-corrected chi connectivity index (χ1v) is 6.23. The van der Waals surface area contributed by atoms with Gasteiger partial charge in [-0.3, -0.25) is 15.5 Å². The fraction of sp³-hybridized carbons (Fsp3) is 0. The van der Waals surface area contributed by atoms with E-state index in [4.69, 9.17) is 28.9 Å². The van der Waals surface area contributed by atoms with E-state index in [2.05, 4.69) is 20.5 Å². The summed E-state index contributed by atoms with van der Waals surface area (Å²) in [6.45, 7) is 0. The molecule has 1 aromatic carbocycles. The summed E-state index contributed by atoms with van der Waals surface area (Å²) in [6, 6.07) is 4.84. The summed E-state index contributed by atoms with van der Waals surface area (Å²) in [5, 5.41) is 15.6. The first-order chi connectivity index (χ1) is 9.99. The van der Waals surface area contributed by atoms with Gasteiger partial charge < -0.3 is 5.73 Å². The molecule has 0 aliphatic rings. The van der Waals surface area contributed by atoms with Gasteiger partial charge in [-0.1, -0.05) is 29.3 Å². The van der Waals surface area contributed by atoms with Crippen LogP contribution in [-0.2, 0) is 0 Å². The Kier molecular flexibility index (Phi) is 4.51. The lowest BCUT2D eigenvalue weighted by Gasteiger charge is -2.02. The average Bonchev–Trinajstić information content (AvgIpc) is 2.41. The van der Waals surface area contributed by atoms with Gasteiger partial charge in [-0.05, 0) is 12.1 Å². The lowest BCUT2D eigenvalue weighted by molar-refractivity contribution is -0.383. The van der Waals surface area contributed by atoms with E-state index >= 15 is 0 Å². The van der Waals surface area contributed by atoms with E-state index in [9.17, 15) is 10.1 Å². The van der Waals surface area contributed by atoms with Crippen LogP contribution in [0.15, 0.2) is 29.6 Å². The monoisotopic (exact) mass is 326 g/mol. The van der Waals surface area contributed by atoms with Crippen molar-refractivity contribution in [3.8, 4) is 0 Å². The summed E-state index contributed by atoms with van der Waals surface area (Å²) < 4.78 is 0. The Hall–Kier alpha value is -2.45. The summed E-state index contributed by atoms with van der Waals surface area (Å²) >= 11 is 11.7. The van der Waals surface area contributed by atoms with Gasteiger partial charge in [0.1, 0.15) is 6.33 Å². The highest BCUT2D eigenvalue weighted by Crippen LogP contribution is 2.26. The van der Waals surface area contributed by atoms with Crippen LogP contribution in [0.4, 0.5) is 17.3 Å². The normalized spacial score (nSPS) is 10.8. The van der Waals surface area contributed by atoms with E-state index in [-0.39, 0.29) is 11.6 Å². The molecule has 8 nitrogen and oxygen atoms in total. The number of nitrogens with two attached hydrogens (primary N) is 1. The highest BCUT2D eigenvalue weighted by Gasteiger charge is 2.20. The molecule has 0 aliphatic carbocycles. The first kappa shape index (κ1) is 14.9. The van der Waals surface area contributed by atoms with Gasteiger partial charge in [-0.2, -0.15) is 5.10 Å². The topological polar surface area (TPSA) is 119 Å². The second kappa shape index (κ2) is 6.33. The van der Waals surface area contributed by atoms with Gasteiger partial charge >= 0.3 is 5.69 Å². The fourth-order valence-electron chi connectivity index (χ4n) is 1.42. The quantitative estimate of drug-likeness (QED) is 0.506. The lowest BCUT2D eigenvalue weighted by Crippen LogP contribution is -2.04. The largest absolute Gasteiger partial charge is 0.378 e. The molecule has 0 saturated heterocycles. The summed E-state index contributed by atoms with van der Waals surface area (Å²) in [4.78, 5) is 17.5. The molecule has 1 aromatic heterocycles. The average molecular weight is 327 g/mol. The molecule has 0 fully saturated rings. The molecule has 0 aliphatic heterocycles. The third kappa shape index (κ3) is 3.56. The Bertz CT molecular complexity index is 722. The van der Waals surface area contributed by atoms with Crippen LogP contribution >= 0.6 is 23.2 Å². The maximum Gasteiger partial charge on any atom is 0.354 e. The molecule has 0 atom stereocenters. The molecule has 0 bridgehead atoms. The van der Waals surface area contributed by atoms with Crippen LogP contribution < -0.4 is 11.2 Å². The van der Waals surface area contributed by atoms with Crippen molar-refractivity contribution in [1.82, 2.24) is 9.97 Å². The van der Waals surface area contributed by atoms with Gasteiger partial charge in [0, 0.05) is 10.6 Å². The van der Waals surface area contributed by atoms with E-state index in [1.165, 1.54) is 6.21 Å². The number of halogens is 2. The zero-order chi connectivity index (χ0) is 15.4. The van der Waals surface area contributed by atoms with Crippen LogP contribution in [0.3, 0.4) is 0 Å². The molecule has 1 heterocycles. The number of benzene rings is 1. The highest BCUT2D eigenvalue weighted by molar-refractivity contribution is 6.36.